The fourth-order valence-corrected chi connectivity index (χ4v) is 3.98. The molecule has 9 heteroatoms. The van der Waals surface area contributed by atoms with Gasteiger partial charge in [-0.05, 0) is 43.2 Å². The van der Waals surface area contributed by atoms with Gasteiger partial charge in [-0.2, -0.15) is 0 Å². The van der Waals surface area contributed by atoms with E-state index in [1.165, 1.54) is 0 Å². The zero-order valence-electron chi connectivity index (χ0n) is 20.5. The summed E-state index contributed by atoms with van der Waals surface area (Å²) >= 11 is 0. The summed E-state index contributed by atoms with van der Waals surface area (Å²) in [7, 11) is 0. The van der Waals surface area contributed by atoms with Crippen molar-refractivity contribution >= 4 is 23.7 Å². The lowest BCUT2D eigenvalue weighted by Gasteiger charge is -2.27. The third-order valence-electron chi connectivity index (χ3n) is 5.86. The van der Waals surface area contributed by atoms with Crippen molar-refractivity contribution in [3.63, 3.8) is 0 Å². The molecule has 4 unspecified atom stereocenters. The maximum absolute atomic E-state index is 13.1. The highest BCUT2D eigenvalue weighted by molar-refractivity contribution is 5.94. The number of rotatable bonds is 12. The van der Waals surface area contributed by atoms with Crippen molar-refractivity contribution in [2.45, 2.75) is 77.5 Å². The van der Waals surface area contributed by atoms with Crippen LogP contribution >= 0.6 is 0 Å². The Balaban J connectivity index is 2.08. The molecular weight excluding hydrogens is 436 g/mol. The monoisotopic (exact) mass is 474 g/mol. The molecule has 1 aromatic carbocycles. The van der Waals surface area contributed by atoms with E-state index in [9.17, 15) is 24.3 Å². The molecule has 5 N–H and O–H groups in total. The molecule has 9 nitrogen and oxygen atoms in total. The molecule has 34 heavy (non-hydrogen) atoms. The van der Waals surface area contributed by atoms with Gasteiger partial charge >= 0.3 is 5.97 Å². The summed E-state index contributed by atoms with van der Waals surface area (Å²) in [6.45, 7) is 8.22. The highest BCUT2D eigenvalue weighted by atomic mass is 16.4. The molecule has 3 amide bonds. The third kappa shape index (κ3) is 8.44. The summed E-state index contributed by atoms with van der Waals surface area (Å²) in [4.78, 5) is 50.5. The standard InChI is InChI=1S/C25H38N4O5/c1-15(2)13-19(27-22(30)18-11-8-12-26-18)23(31)29-21(16(3)4)24(32)28-20(25(33)34)14-17-9-6-5-7-10-17/h5-7,9-10,15-16,18-21,26H,8,11-14H2,1-4H3,(H,27,30)(H,28,32)(H,29,31)(H,33,34). The van der Waals surface area contributed by atoms with Gasteiger partial charge in [0.1, 0.15) is 18.1 Å². The topological polar surface area (TPSA) is 137 Å². The van der Waals surface area contributed by atoms with Gasteiger partial charge in [-0.25, -0.2) is 4.79 Å². The van der Waals surface area contributed by atoms with Gasteiger partial charge in [0.05, 0.1) is 6.04 Å². The maximum atomic E-state index is 13.1. The zero-order chi connectivity index (χ0) is 25.3. The van der Waals surface area contributed by atoms with Crippen LogP contribution in [-0.2, 0) is 25.6 Å². The van der Waals surface area contributed by atoms with Gasteiger partial charge in [0, 0.05) is 6.42 Å². The molecule has 0 spiro atoms. The Hall–Kier alpha value is -2.94. The van der Waals surface area contributed by atoms with E-state index in [-0.39, 0.29) is 30.2 Å². The number of aliphatic carboxylic acids is 1. The van der Waals surface area contributed by atoms with Crippen LogP contribution < -0.4 is 21.3 Å². The molecule has 0 aromatic heterocycles. The Kier molecular flexibility index (Phi) is 10.5. The van der Waals surface area contributed by atoms with Gasteiger partial charge in [-0.15, -0.1) is 0 Å². The molecule has 0 bridgehead atoms. The molecule has 1 aliphatic heterocycles. The number of amides is 3. The predicted molar refractivity (Wildman–Crippen MR) is 129 cm³/mol. The fraction of sp³-hybridized carbons (Fsp3) is 0.600. The highest BCUT2D eigenvalue weighted by Crippen LogP contribution is 2.11. The SMILES string of the molecule is CC(C)CC(NC(=O)C1CCCN1)C(=O)NC(C(=O)NC(Cc1ccccc1)C(=O)O)C(C)C. The summed E-state index contributed by atoms with van der Waals surface area (Å²) in [5.41, 5.74) is 0.778. The number of hydrogen-bond donors (Lipinski definition) is 5. The molecule has 0 radical (unpaired) electrons. The molecular formula is C25H38N4O5. The van der Waals surface area contributed by atoms with E-state index in [2.05, 4.69) is 21.3 Å². The van der Waals surface area contributed by atoms with Crippen LogP contribution in [0.2, 0.25) is 0 Å². The van der Waals surface area contributed by atoms with E-state index in [0.29, 0.717) is 6.42 Å². The minimum absolute atomic E-state index is 0.126. The Morgan fingerprint density at radius 2 is 1.65 bits per heavy atom. The highest BCUT2D eigenvalue weighted by Gasteiger charge is 2.33. The molecule has 1 aliphatic rings. The number of carboxylic acids is 1. The lowest BCUT2D eigenvalue weighted by molar-refractivity contribution is -0.142. The quantitative estimate of drug-likeness (QED) is 0.309. The van der Waals surface area contributed by atoms with Crippen LogP contribution in [0.15, 0.2) is 30.3 Å². The molecule has 1 saturated heterocycles. The number of carboxylic acid groups (broad SMARTS) is 1. The largest absolute Gasteiger partial charge is 0.480 e. The molecule has 4 atom stereocenters. The summed E-state index contributed by atoms with van der Waals surface area (Å²) < 4.78 is 0. The minimum atomic E-state index is -1.15. The molecule has 0 aliphatic carbocycles. The molecule has 0 saturated carbocycles. The minimum Gasteiger partial charge on any atom is -0.480 e. The van der Waals surface area contributed by atoms with Gasteiger partial charge in [0.25, 0.3) is 0 Å². The number of hydrogen-bond acceptors (Lipinski definition) is 5. The Morgan fingerprint density at radius 1 is 0.971 bits per heavy atom. The first kappa shape index (κ1) is 27.3. The normalized spacial score (nSPS) is 18.2. The van der Waals surface area contributed by atoms with Crippen LogP contribution in [0.4, 0.5) is 0 Å². The Morgan fingerprint density at radius 3 is 2.18 bits per heavy atom. The first-order chi connectivity index (χ1) is 16.1. The first-order valence-corrected chi connectivity index (χ1v) is 12.0. The zero-order valence-corrected chi connectivity index (χ0v) is 20.5. The summed E-state index contributed by atoms with van der Waals surface area (Å²) in [5.74, 6) is -2.55. The Bertz CT molecular complexity index is 837. The van der Waals surface area contributed by atoms with Crippen LogP contribution in [-0.4, -0.2) is 59.5 Å². The van der Waals surface area contributed by atoms with Gasteiger partial charge < -0.3 is 26.4 Å². The van der Waals surface area contributed by atoms with Gasteiger partial charge in [-0.1, -0.05) is 58.0 Å². The average molecular weight is 475 g/mol. The molecule has 188 valence electrons. The fourth-order valence-electron chi connectivity index (χ4n) is 3.98. The Labute approximate surface area is 201 Å². The summed E-state index contributed by atoms with van der Waals surface area (Å²) in [6, 6.07) is 5.84. The first-order valence-electron chi connectivity index (χ1n) is 12.0. The lowest BCUT2D eigenvalue weighted by atomic mass is 9.99. The van der Waals surface area contributed by atoms with Crippen molar-refractivity contribution in [1.82, 2.24) is 21.3 Å². The number of carbonyl (C=O) groups excluding carboxylic acids is 3. The second kappa shape index (κ2) is 13.1. The summed E-state index contributed by atoms with van der Waals surface area (Å²) in [6.07, 6.45) is 2.17. The van der Waals surface area contributed by atoms with E-state index >= 15 is 0 Å². The van der Waals surface area contributed by atoms with Crippen LogP contribution in [0.5, 0.6) is 0 Å². The van der Waals surface area contributed by atoms with Crippen LogP contribution in [0.3, 0.4) is 0 Å². The van der Waals surface area contributed by atoms with Crippen molar-refractivity contribution in [3.05, 3.63) is 35.9 Å². The van der Waals surface area contributed by atoms with Crippen LogP contribution in [0.25, 0.3) is 0 Å². The van der Waals surface area contributed by atoms with E-state index in [4.69, 9.17) is 0 Å². The average Bonchev–Trinajstić information content (AvgIpc) is 3.31. The predicted octanol–water partition coefficient (Wildman–Crippen LogP) is 1.22. The van der Waals surface area contributed by atoms with E-state index in [1.54, 1.807) is 38.1 Å². The van der Waals surface area contributed by atoms with Crippen molar-refractivity contribution in [2.24, 2.45) is 11.8 Å². The van der Waals surface area contributed by atoms with Gasteiger partial charge in [-0.3, -0.25) is 14.4 Å². The van der Waals surface area contributed by atoms with Crippen LogP contribution in [0.1, 0.15) is 52.5 Å². The van der Waals surface area contributed by atoms with Gasteiger partial charge in [0.2, 0.25) is 17.7 Å². The van der Waals surface area contributed by atoms with Crippen molar-refractivity contribution in [2.75, 3.05) is 6.54 Å². The molecule has 2 rings (SSSR count). The number of carbonyl (C=O) groups is 4. The second-order valence-corrected chi connectivity index (χ2v) is 9.66. The second-order valence-electron chi connectivity index (χ2n) is 9.66. The lowest BCUT2D eigenvalue weighted by Crippen LogP contribution is -2.58. The summed E-state index contributed by atoms with van der Waals surface area (Å²) in [5, 5.41) is 20.9. The van der Waals surface area contributed by atoms with E-state index < -0.39 is 35.9 Å². The van der Waals surface area contributed by atoms with Crippen molar-refractivity contribution in [3.8, 4) is 0 Å². The third-order valence-corrected chi connectivity index (χ3v) is 5.86. The van der Waals surface area contributed by atoms with Crippen molar-refractivity contribution in [1.29, 1.82) is 0 Å². The van der Waals surface area contributed by atoms with E-state index in [0.717, 1.165) is 24.9 Å². The smallest absolute Gasteiger partial charge is 0.326 e. The maximum Gasteiger partial charge on any atom is 0.326 e. The van der Waals surface area contributed by atoms with E-state index in [1.807, 2.05) is 19.9 Å². The molecule has 1 aromatic rings. The number of benzene rings is 1. The molecule has 1 fully saturated rings. The van der Waals surface area contributed by atoms with Crippen LogP contribution in [0, 0.1) is 11.8 Å². The van der Waals surface area contributed by atoms with Gasteiger partial charge in [0.15, 0.2) is 0 Å². The molecule has 1 heterocycles. The number of nitrogens with one attached hydrogen (secondary N) is 4. The van der Waals surface area contributed by atoms with Crippen molar-refractivity contribution < 1.29 is 24.3 Å².